The molecule has 0 N–H and O–H groups in total. The summed E-state index contributed by atoms with van der Waals surface area (Å²) in [5.41, 5.74) is 15.4. The molecule has 8 rings (SSSR count). The molecule has 6 aromatic carbocycles. The van der Waals surface area contributed by atoms with Gasteiger partial charge in [0.25, 0.3) is 0 Å². The molecule has 49 heavy (non-hydrogen) atoms. The Hall–Kier alpha value is -5.08. The number of anilines is 3. The highest BCUT2D eigenvalue weighted by Gasteiger charge is 2.38. The second-order valence-electron chi connectivity index (χ2n) is 16.3. The fraction of sp³-hybridized carbons (Fsp3) is 0.234. The van der Waals surface area contributed by atoms with Gasteiger partial charge in [-0.2, -0.15) is 0 Å². The number of rotatable bonds is 4. The first-order valence-electron chi connectivity index (χ1n) is 17.5. The van der Waals surface area contributed by atoms with Crippen LogP contribution in [0, 0.1) is 0 Å². The van der Waals surface area contributed by atoms with Gasteiger partial charge in [0.1, 0.15) is 11.2 Å². The van der Waals surface area contributed by atoms with Crippen molar-refractivity contribution in [3.05, 3.63) is 150 Å². The van der Waals surface area contributed by atoms with Crippen molar-refractivity contribution in [1.82, 2.24) is 0 Å². The van der Waals surface area contributed by atoms with Crippen LogP contribution >= 0.6 is 0 Å². The summed E-state index contributed by atoms with van der Waals surface area (Å²) in [4.78, 5) is 2.48. The van der Waals surface area contributed by atoms with Crippen molar-refractivity contribution in [2.45, 2.75) is 71.6 Å². The average Bonchev–Trinajstić information content (AvgIpc) is 3.57. The molecule has 0 radical (unpaired) electrons. The Morgan fingerprint density at radius 1 is 0.571 bits per heavy atom. The minimum absolute atomic E-state index is 0.0186. The van der Waals surface area contributed by atoms with Crippen LogP contribution in [-0.2, 0) is 16.2 Å². The van der Waals surface area contributed by atoms with E-state index in [1.807, 2.05) is 0 Å². The zero-order valence-corrected chi connectivity index (χ0v) is 30.0. The van der Waals surface area contributed by atoms with E-state index in [1.54, 1.807) is 0 Å². The normalized spacial score (nSPS) is 13.9. The quantitative estimate of drug-likeness (QED) is 0.191. The van der Waals surface area contributed by atoms with Crippen molar-refractivity contribution >= 4 is 39.0 Å². The van der Waals surface area contributed by atoms with Gasteiger partial charge >= 0.3 is 0 Å². The van der Waals surface area contributed by atoms with Crippen LogP contribution in [0.5, 0.6) is 0 Å². The van der Waals surface area contributed by atoms with E-state index in [0.717, 1.165) is 27.9 Å². The molecule has 7 aromatic rings. The molecular formula is C47H45NO. The Kier molecular flexibility index (Phi) is 6.99. The van der Waals surface area contributed by atoms with Gasteiger partial charge in [-0.05, 0) is 80.6 Å². The van der Waals surface area contributed by atoms with E-state index in [0.29, 0.717) is 0 Å². The van der Waals surface area contributed by atoms with Crippen LogP contribution in [0.2, 0.25) is 0 Å². The van der Waals surface area contributed by atoms with E-state index in [2.05, 4.69) is 188 Å². The number of furan rings is 1. The molecule has 1 heterocycles. The van der Waals surface area contributed by atoms with Crippen molar-refractivity contribution in [2.75, 3.05) is 4.90 Å². The van der Waals surface area contributed by atoms with Gasteiger partial charge in [-0.25, -0.2) is 0 Å². The molecule has 0 saturated carbocycles. The van der Waals surface area contributed by atoms with Crippen molar-refractivity contribution < 1.29 is 4.42 Å². The van der Waals surface area contributed by atoms with E-state index in [-0.39, 0.29) is 16.2 Å². The third kappa shape index (κ3) is 5.00. The molecule has 0 saturated heterocycles. The van der Waals surface area contributed by atoms with Crippen molar-refractivity contribution in [3.8, 4) is 22.3 Å². The van der Waals surface area contributed by atoms with Crippen molar-refractivity contribution in [1.29, 1.82) is 0 Å². The number of nitrogens with zero attached hydrogens (tertiary/aromatic N) is 1. The Labute approximate surface area is 291 Å². The molecule has 0 fully saturated rings. The van der Waals surface area contributed by atoms with Crippen LogP contribution in [0.25, 0.3) is 44.2 Å². The first-order chi connectivity index (χ1) is 23.3. The first kappa shape index (κ1) is 31.2. The monoisotopic (exact) mass is 639 g/mol. The molecule has 0 atom stereocenters. The lowest BCUT2D eigenvalue weighted by Crippen LogP contribution is -2.16. The molecule has 0 aliphatic heterocycles. The second kappa shape index (κ2) is 11.0. The summed E-state index contributed by atoms with van der Waals surface area (Å²) in [6.07, 6.45) is 0. The van der Waals surface area contributed by atoms with Crippen molar-refractivity contribution in [2.24, 2.45) is 0 Å². The molecule has 1 aliphatic carbocycles. The zero-order chi connectivity index (χ0) is 34.3. The Balaban J connectivity index is 1.46. The van der Waals surface area contributed by atoms with Crippen LogP contribution in [0.15, 0.2) is 132 Å². The average molecular weight is 640 g/mol. The Morgan fingerprint density at radius 2 is 1.20 bits per heavy atom. The minimum atomic E-state index is -0.109. The van der Waals surface area contributed by atoms with Gasteiger partial charge < -0.3 is 9.32 Å². The highest BCUT2D eigenvalue weighted by Crippen LogP contribution is 2.55. The summed E-state index contributed by atoms with van der Waals surface area (Å²) in [5.74, 6) is 0. The largest absolute Gasteiger partial charge is 0.456 e. The van der Waals surface area contributed by atoms with E-state index in [1.165, 1.54) is 55.6 Å². The van der Waals surface area contributed by atoms with Gasteiger partial charge in [-0.1, -0.05) is 146 Å². The predicted molar refractivity (Wildman–Crippen MR) is 209 cm³/mol. The maximum absolute atomic E-state index is 6.87. The second-order valence-corrected chi connectivity index (χ2v) is 16.3. The Bertz CT molecular complexity index is 2360. The highest BCUT2D eigenvalue weighted by atomic mass is 16.3. The standard InChI is InChI=1S/C47H45NO/c1-45(2,3)32-28-35-43-40(22-15-23-41(43)49-44(35)38(29-32)46(4,5)6)48(33-26-24-31(25-27-33)30-16-10-9-11-17-30)39-21-14-20-37-42(39)34-18-12-13-19-36(34)47(37,7)8/h9-29H,1-8H3. The lowest BCUT2D eigenvalue weighted by Gasteiger charge is -2.29. The fourth-order valence-electron chi connectivity index (χ4n) is 7.85. The third-order valence-corrected chi connectivity index (χ3v) is 10.5. The lowest BCUT2D eigenvalue weighted by molar-refractivity contribution is 0.559. The SMILES string of the molecule is CC(C)(C)c1cc(C(C)(C)C)c2oc3cccc(N(c4ccc(-c5ccccc5)cc4)c4cccc5c4-c4ccccc4C5(C)C)c3c2c1. The molecule has 1 aliphatic rings. The summed E-state index contributed by atoms with van der Waals surface area (Å²) in [6, 6.07) is 46.7. The lowest BCUT2D eigenvalue weighted by atomic mass is 9.79. The summed E-state index contributed by atoms with van der Waals surface area (Å²) in [5, 5.41) is 2.31. The van der Waals surface area contributed by atoms with Crippen LogP contribution < -0.4 is 4.90 Å². The third-order valence-electron chi connectivity index (χ3n) is 10.5. The van der Waals surface area contributed by atoms with E-state index in [9.17, 15) is 0 Å². The molecule has 2 heteroatoms. The smallest absolute Gasteiger partial charge is 0.139 e. The topological polar surface area (TPSA) is 16.4 Å². The number of benzene rings is 6. The molecular weight excluding hydrogens is 595 g/mol. The Morgan fingerprint density at radius 3 is 1.92 bits per heavy atom. The van der Waals surface area contributed by atoms with E-state index < -0.39 is 0 Å². The van der Waals surface area contributed by atoms with Crippen LogP contribution in [-0.4, -0.2) is 0 Å². The molecule has 0 amide bonds. The highest BCUT2D eigenvalue weighted by molar-refractivity contribution is 6.15. The van der Waals surface area contributed by atoms with Gasteiger partial charge in [0, 0.05) is 27.6 Å². The van der Waals surface area contributed by atoms with E-state index in [4.69, 9.17) is 4.42 Å². The molecule has 0 spiro atoms. The van der Waals surface area contributed by atoms with Crippen LogP contribution in [0.4, 0.5) is 17.1 Å². The van der Waals surface area contributed by atoms with Gasteiger partial charge in [-0.15, -0.1) is 0 Å². The van der Waals surface area contributed by atoms with E-state index >= 15 is 0 Å². The summed E-state index contributed by atoms with van der Waals surface area (Å²) in [6.45, 7) is 18.5. The molecule has 244 valence electrons. The molecule has 2 nitrogen and oxygen atoms in total. The molecule has 0 bridgehead atoms. The maximum atomic E-state index is 6.87. The zero-order valence-electron chi connectivity index (χ0n) is 30.0. The number of fused-ring (bicyclic) bond motifs is 6. The van der Waals surface area contributed by atoms with Crippen molar-refractivity contribution in [3.63, 3.8) is 0 Å². The van der Waals surface area contributed by atoms with Gasteiger partial charge in [-0.3, -0.25) is 0 Å². The van der Waals surface area contributed by atoms with Gasteiger partial charge in [0.05, 0.1) is 16.8 Å². The van der Waals surface area contributed by atoms with Gasteiger partial charge in [0.2, 0.25) is 0 Å². The number of hydrogen-bond donors (Lipinski definition) is 0. The van der Waals surface area contributed by atoms with Gasteiger partial charge in [0.15, 0.2) is 0 Å². The first-order valence-corrected chi connectivity index (χ1v) is 17.5. The fourth-order valence-corrected chi connectivity index (χ4v) is 7.85. The van der Waals surface area contributed by atoms with Crippen LogP contribution in [0.3, 0.4) is 0 Å². The molecule has 1 aromatic heterocycles. The predicted octanol–water partition coefficient (Wildman–Crippen LogP) is 13.6. The van der Waals surface area contributed by atoms with Crippen LogP contribution in [0.1, 0.15) is 77.6 Å². The molecule has 0 unspecified atom stereocenters. The summed E-state index contributed by atoms with van der Waals surface area (Å²) >= 11 is 0. The minimum Gasteiger partial charge on any atom is -0.456 e. The summed E-state index contributed by atoms with van der Waals surface area (Å²) < 4.78 is 6.87. The number of hydrogen-bond acceptors (Lipinski definition) is 2. The maximum Gasteiger partial charge on any atom is 0.139 e. The summed E-state index contributed by atoms with van der Waals surface area (Å²) in [7, 11) is 0.